The average molecular weight is 355 g/mol. The van der Waals surface area contributed by atoms with E-state index in [4.69, 9.17) is 9.26 Å². The van der Waals surface area contributed by atoms with E-state index in [1.54, 1.807) is 6.92 Å². The number of β-amino-alcohol motifs (C(OH)–C–C–N with tert-alkyl or cyclic N) is 1. The third kappa shape index (κ3) is 5.17. The number of aromatic nitrogens is 2. The van der Waals surface area contributed by atoms with Gasteiger partial charge in [-0.3, -0.25) is 0 Å². The molecule has 8 heteroatoms. The molecule has 1 aliphatic rings. The molecular weight excluding hydrogens is 332 g/mol. The average Bonchev–Trinajstić information content (AvgIpc) is 3.15. The summed E-state index contributed by atoms with van der Waals surface area (Å²) < 4.78 is 10.5. The smallest absolute Gasteiger partial charge is 0.223 e. The van der Waals surface area contributed by atoms with Crippen LogP contribution in [-0.2, 0) is 13.2 Å². The molecule has 2 unspecified atom stereocenters. The highest BCUT2D eigenvalue weighted by molar-refractivity contribution is 5.85. The largest absolute Gasteiger partial charge is 0.485 e. The minimum atomic E-state index is -0.243. The van der Waals surface area contributed by atoms with Gasteiger partial charge in [-0.2, -0.15) is 4.98 Å². The van der Waals surface area contributed by atoms with E-state index in [9.17, 15) is 5.11 Å². The Labute approximate surface area is 147 Å². The van der Waals surface area contributed by atoms with Crippen molar-refractivity contribution in [2.75, 3.05) is 19.6 Å². The first-order valence-corrected chi connectivity index (χ1v) is 7.81. The fraction of sp³-hybridized carbons (Fsp3) is 0.500. The van der Waals surface area contributed by atoms with Crippen LogP contribution in [0.25, 0.3) is 0 Å². The van der Waals surface area contributed by atoms with Crippen LogP contribution in [0, 0.1) is 12.8 Å². The van der Waals surface area contributed by atoms with Gasteiger partial charge in [0.05, 0.1) is 6.10 Å². The molecule has 0 aliphatic carbocycles. The fourth-order valence-corrected chi connectivity index (χ4v) is 2.58. The van der Waals surface area contributed by atoms with Crippen LogP contribution in [0.3, 0.4) is 0 Å². The highest BCUT2D eigenvalue weighted by Crippen LogP contribution is 2.14. The molecule has 3 N–H and O–H groups in total. The van der Waals surface area contributed by atoms with Crippen LogP contribution in [0.4, 0.5) is 0 Å². The highest BCUT2D eigenvalue weighted by Gasteiger charge is 2.23. The summed E-state index contributed by atoms with van der Waals surface area (Å²) >= 11 is 0. The summed E-state index contributed by atoms with van der Waals surface area (Å²) in [5.74, 6) is 2.13. The molecule has 0 spiro atoms. The number of nitrogens with zero attached hydrogens (tertiary/aromatic N) is 2. The van der Waals surface area contributed by atoms with E-state index in [-0.39, 0.29) is 24.4 Å². The van der Waals surface area contributed by atoms with E-state index >= 15 is 0 Å². The van der Waals surface area contributed by atoms with Crippen molar-refractivity contribution >= 4 is 12.4 Å². The Kier molecular flexibility index (Phi) is 6.99. The van der Waals surface area contributed by atoms with Crippen molar-refractivity contribution in [3.8, 4) is 5.75 Å². The molecule has 2 atom stereocenters. The number of nitrogens with one attached hydrogen (secondary N) is 2. The van der Waals surface area contributed by atoms with Crippen molar-refractivity contribution in [1.82, 2.24) is 20.8 Å². The van der Waals surface area contributed by atoms with Gasteiger partial charge in [-0.05, 0) is 17.7 Å². The molecule has 1 aliphatic heterocycles. The molecule has 1 saturated heterocycles. The summed E-state index contributed by atoms with van der Waals surface area (Å²) in [6.45, 7) is 5.19. The molecule has 0 radical (unpaired) electrons. The number of ether oxygens (including phenoxy) is 1. The molecule has 2 heterocycles. The van der Waals surface area contributed by atoms with Gasteiger partial charge in [0.1, 0.15) is 5.75 Å². The lowest BCUT2D eigenvalue weighted by molar-refractivity contribution is 0.146. The number of hydrogen-bond donors (Lipinski definition) is 3. The van der Waals surface area contributed by atoms with Crippen molar-refractivity contribution in [2.45, 2.75) is 26.2 Å². The van der Waals surface area contributed by atoms with Crippen molar-refractivity contribution in [1.29, 1.82) is 0 Å². The number of aryl methyl sites for hydroxylation is 1. The lowest BCUT2D eigenvalue weighted by atomic mass is 10.1. The second-order valence-corrected chi connectivity index (χ2v) is 5.78. The van der Waals surface area contributed by atoms with Crippen LogP contribution >= 0.6 is 12.4 Å². The van der Waals surface area contributed by atoms with Gasteiger partial charge in [0.25, 0.3) is 0 Å². The van der Waals surface area contributed by atoms with Gasteiger partial charge in [0.15, 0.2) is 6.61 Å². The second kappa shape index (κ2) is 8.98. The summed E-state index contributed by atoms with van der Waals surface area (Å²) in [5, 5.41) is 20.1. The predicted molar refractivity (Wildman–Crippen MR) is 91.1 cm³/mol. The number of halogens is 1. The molecular formula is C16H23ClN4O3. The van der Waals surface area contributed by atoms with Crippen LogP contribution in [0.15, 0.2) is 28.8 Å². The lowest BCUT2D eigenvalue weighted by Crippen LogP contribution is -2.30. The highest BCUT2D eigenvalue weighted by atomic mass is 35.5. The zero-order valence-corrected chi connectivity index (χ0v) is 14.4. The molecule has 3 rings (SSSR count). The normalized spacial score (nSPS) is 19.9. The molecule has 2 aromatic rings. The van der Waals surface area contributed by atoms with Crippen LogP contribution in [0.2, 0.25) is 0 Å². The summed E-state index contributed by atoms with van der Waals surface area (Å²) in [4.78, 5) is 4.09. The number of benzene rings is 1. The maximum atomic E-state index is 9.74. The van der Waals surface area contributed by atoms with E-state index in [1.807, 2.05) is 24.3 Å². The number of hydrogen-bond acceptors (Lipinski definition) is 7. The third-order valence-corrected chi connectivity index (χ3v) is 3.90. The van der Waals surface area contributed by atoms with Crippen molar-refractivity contribution in [3.63, 3.8) is 0 Å². The Hall–Kier alpha value is -1.67. The zero-order valence-electron chi connectivity index (χ0n) is 13.6. The summed E-state index contributed by atoms with van der Waals surface area (Å²) in [6.07, 6.45) is -0.243. The summed E-state index contributed by atoms with van der Waals surface area (Å²) in [6, 6.07) is 7.89. The number of aliphatic hydroxyl groups is 1. The molecule has 24 heavy (non-hydrogen) atoms. The van der Waals surface area contributed by atoms with E-state index in [0.717, 1.165) is 25.4 Å². The molecule has 7 nitrogen and oxygen atoms in total. The SMILES string of the molecule is Cc1nc(COc2ccc(CNCC3CNCC3O)cc2)no1.Cl. The van der Waals surface area contributed by atoms with Gasteiger partial charge in [0.2, 0.25) is 11.7 Å². The minimum absolute atomic E-state index is 0. The molecule has 1 aromatic heterocycles. The Morgan fingerprint density at radius 3 is 2.75 bits per heavy atom. The third-order valence-electron chi connectivity index (χ3n) is 3.90. The van der Waals surface area contributed by atoms with Gasteiger partial charge >= 0.3 is 0 Å². The Morgan fingerprint density at radius 1 is 1.33 bits per heavy atom. The van der Waals surface area contributed by atoms with Crippen LogP contribution in [0.1, 0.15) is 17.3 Å². The molecule has 0 saturated carbocycles. The number of aliphatic hydroxyl groups excluding tert-OH is 1. The first kappa shape index (κ1) is 18.7. The molecule has 0 amide bonds. The maximum Gasteiger partial charge on any atom is 0.223 e. The van der Waals surface area contributed by atoms with Crippen molar-refractivity contribution in [2.24, 2.45) is 5.92 Å². The molecule has 1 fully saturated rings. The number of rotatable bonds is 7. The van der Waals surface area contributed by atoms with Crippen molar-refractivity contribution < 1.29 is 14.4 Å². The lowest BCUT2D eigenvalue weighted by Gasteiger charge is -2.14. The fourth-order valence-electron chi connectivity index (χ4n) is 2.58. The molecule has 1 aromatic carbocycles. The first-order valence-electron chi connectivity index (χ1n) is 7.81. The van der Waals surface area contributed by atoms with Gasteiger partial charge in [-0.15, -0.1) is 12.4 Å². The van der Waals surface area contributed by atoms with Gasteiger partial charge in [-0.1, -0.05) is 17.3 Å². The van der Waals surface area contributed by atoms with E-state index in [1.165, 1.54) is 5.56 Å². The monoisotopic (exact) mass is 354 g/mol. The maximum absolute atomic E-state index is 9.74. The topological polar surface area (TPSA) is 92.4 Å². The van der Waals surface area contributed by atoms with Crippen LogP contribution < -0.4 is 15.4 Å². The second-order valence-electron chi connectivity index (χ2n) is 5.78. The Bertz CT molecular complexity index is 620. The van der Waals surface area contributed by atoms with E-state index in [0.29, 0.717) is 24.9 Å². The van der Waals surface area contributed by atoms with Gasteiger partial charge in [0, 0.05) is 39.0 Å². The molecule has 132 valence electrons. The van der Waals surface area contributed by atoms with E-state index in [2.05, 4.69) is 20.8 Å². The zero-order chi connectivity index (χ0) is 16.1. The molecule has 0 bridgehead atoms. The quantitative estimate of drug-likeness (QED) is 0.684. The minimum Gasteiger partial charge on any atom is -0.485 e. The van der Waals surface area contributed by atoms with E-state index < -0.39 is 0 Å². The van der Waals surface area contributed by atoms with Crippen molar-refractivity contribution in [3.05, 3.63) is 41.5 Å². The van der Waals surface area contributed by atoms with Gasteiger partial charge in [-0.25, -0.2) is 0 Å². The Balaban J connectivity index is 0.00000208. The van der Waals surface area contributed by atoms with Crippen LogP contribution in [0.5, 0.6) is 5.75 Å². The predicted octanol–water partition coefficient (Wildman–Crippen LogP) is 1.05. The van der Waals surface area contributed by atoms with Crippen LogP contribution in [-0.4, -0.2) is 41.0 Å². The Morgan fingerprint density at radius 2 is 2.12 bits per heavy atom. The standard InChI is InChI=1S/C16H22N4O3.ClH/c1-11-19-16(20-23-11)10-22-14-4-2-12(3-5-14)6-17-7-13-8-18-9-15(13)21;/h2-5,13,15,17-18,21H,6-10H2,1H3;1H. The first-order chi connectivity index (χ1) is 11.2. The van der Waals surface area contributed by atoms with Gasteiger partial charge < -0.3 is 25.0 Å². The summed E-state index contributed by atoms with van der Waals surface area (Å²) in [7, 11) is 0. The summed E-state index contributed by atoms with van der Waals surface area (Å²) in [5.41, 5.74) is 1.17.